The van der Waals surface area contributed by atoms with Gasteiger partial charge in [0.15, 0.2) is 11.6 Å². The van der Waals surface area contributed by atoms with Gasteiger partial charge in [0.2, 0.25) is 0 Å². The molecule has 4 heteroatoms. The number of hydrogen-bond acceptors (Lipinski definition) is 2. The molecule has 0 amide bonds. The number of carbonyl (C=O) groups excluding carboxylic acids is 1. The molecule has 0 saturated carbocycles. The van der Waals surface area contributed by atoms with Gasteiger partial charge in [0.05, 0.1) is 6.61 Å². The Bertz CT molecular complexity index is 361. The van der Waals surface area contributed by atoms with E-state index in [1.165, 1.54) is 13.0 Å². The van der Waals surface area contributed by atoms with Gasteiger partial charge in [-0.2, -0.15) is 0 Å². The second kappa shape index (κ2) is 4.17. The Morgan fingerprint density at radius 1 is 1.43 bits per heavy atom. The molecule has 0 aliphatic carbocycles. The van der Waals surface area contributed by atoms with E-state index in [9.17, 15) is 13.6 Å². The van der Waals surface area contributed by atoms with Crippen LogP contribution in [0.3, 0.4) is 0 Å². The molecular formula is C10H10F2O2. The number of halogens is 2. The molecule has 0 aliphatic rings. The smallest absolute Gasteiger partial charge is 0.341 e. The van der Waals surface area contributed by atoms with Crippen molar-refractivity contribution in [1.82, 2.24) is 0 Å². The lowest BCUT2D eigenvalue weighted by atomic mass is 10.1. The van der Waals surface area contributed by atoms with Crippen LogP contribution in [-0.4, -0.2) is 12.6 Å². The van der Waals surface area contributed by atoms with Crippen molar-refractivity contribution in [1.29, 1.82) is 0 Å². The Morgan fingerprint density at radius 2 is 2.07 bits per heavy atom. The number of benzene rings is 1. The largest absolute Gasteiger partial charge is 0.462 e. The van der Waals surface area contributed by atoms with E-state index in [0.717, 1.165) is 6.07 Å². The Balaban J connectivity index is 3.18. The normalized spacial score (nSPS) is 10.0. The highest BCUT2D eigenvalue weighted by molar-refractivity contribution is 5.91. The van der Waals surface area contributed by atoms with E-state index in [1.54, 1.807) is 6.92 Å². The van der Waals surface area contributed by atoms with Crippen molar-refractivity contribution in [2.24, 2.45) is 0 Å². The van der Waals surface area contributed by atoms with Gasteiger partial charge in [-0.3, -0.25) is 0 Å². The molecule has 14 heavy (non-hydrogen) atoms. The molecular weight excluding hydrogens is 190 g/mol. The van der Waals surface area contributed by atoms with E-state index in [2.05, 4.69) is 4.74 Å². The van der Waals surface area contributed by atoms with Crippen LogP contribution in [0.4, 0.5) is 8.78 Å². The molecule has 1 aromatic carbocycles. The second-order valence-corrected chi connectivity index (χ2v) is 2.77. The lowest BCUT2D eigenvalue weighted by molar-refractivity contribution is 0.0519. The van der Waals surface area contributed by atoms with Crippen LogP contribution in [0.2, 0.25) is 0 Å². The standard InChI is InChI=1S/C10H10F2O2/c1-3-14-10(13)8-6(2)4-5-7(11)9(8)12/h4-5H,3H2,1-2H3. The van der Waals surface area contributed by atoms with Gasteiger partial charge >= 0.3 is 5.97 Å². The van der Waals surface area contributed by atoms with E-state index < -0.39 is 17.6 Å². The summed E-state index contributed by atoms with van der Waals surface area (Å²) in [5, 5.41) is 0. The van der Waals surface area contributed by atoms with E-state index in [0.29, 0.717) is 5.56 Å². The molecule has 0 aliphatic heterocycles. The third-order valence-corrected chi connectivity index (χ3v) is 1.78. The molecule has 0 aromatic heterocycles. The highest BCUT2D eigenvalue weighted by Gasteiger charge is 2.18. The van der Waals surface area contributed by atoms with Crippen molar-refractivity contribution in [3.05, 3.63) is 34.9 Å². The molecule has 0 radical (unpaired) electrons. The Hall–Kier alpha value is -1.45. The van der Waals surface area contributed by atoms with Crippen LogP contribution in [0.15, 0.2) is 12.1 Å². The van der Waals surface area contributed by atoms with Crippen LogP contribution in [-0.2, 0) is 4.74 Å². The molecule has 0 bridgehead atoms. The highest BCUT2D eigenvalue weighted by atomic mass is 19.2. The van der Waals surface area contributed by atoms with Gasteiger partial charge in [-0.15, -0.1) is 0 Å². The van der Waals surface area contributed by atoms with Crippen molar-refractivity contribution < 1.29 is 18.3 Å². The zero-order valence-corrected chi connectivity index (χ0v) is 7.93. The molecule has 76 valence electrons. The third-order valence-electron chi connectivity index (χ3n) is 1.78. The molecule has 0 fully saturated rings. The summed E-state index contributed by atoms with van der Waals surface area (Å²) in [6, 6.07) is 2.32. The molecule has 0 N–H and O–H groups in total. The van der Waals surface area contributed by atoms with Crippen LogP contribution in [0, 0.1) is 18.6 Å². The quantitative estimate of drug-likeness (QED) is 0.685. The van der Waals surface area contributed by atoms with Gasteiger partial charge in [-0.05, 0) is 25.5 Å². The summed E-state index contributed by atoms with van der Waals surface area (Å²) >= 11 is 0. The van der Waals surface area contributed by atoms with Crippen LogP contribution in [0.1, 0.15) is 22.8 Å². The van der Waals surface area contributed by atoms with E-state index in [1.807, 2.05) is 0 Å². The highest BCUT2D eigenvalue weighted by Crippen LogP contribution is 2.17. The zero-order valence-electron chi connectivity index (χ0n) is 7.93. The van der Waals surface area contributed by atoms with Gasteiger partial charge < -0.3 is 4.74 Å². The topological polar surface area (TPSA) is 26.3 Å². The second-order valence-electron chi connectivity index (χ2n) is 2.77. The summed E-state index contributed by atoms with van der Waals surface area (Å²) in [5.41, 5.74) is 0.0363. The van der Waals surface area contributed by atoms with Crippen LogP contribution < -0.4 is 0 Å². The average molecular weight is 200 g/mol. The van der Waals surface area contributed by atoms with Crippen LogP contribution >= 0.6 is 0 Å². The van der Waals surface area contributed by atoms with Crippen LogP contribution in [0.5, 0.6) is 0 Å². The summed E-state index contributed by atoms with van der Waals surface area (Å²) in [6.07, 6.45) is 0. The molecule has 0 unspecified atom stereocenters. The average Bonchev–Trinajstić information content (AvgIpc) is 2.13. The third kappa shape index (κ3) is 1.89. The summed E-state index contributed by atoms with van der Waals surface area (Å²) < 4.78 is 30.5. The molecule has 0 atom stereocenters. The Labute approximate surface area is 80.5 Å². The first-order valence-electron chi connectivity index (χ1n) is 4.19. The summed E-state index contributed by atoms with van der Waals surface area (Å²) in [4.78, 5) is 11.2. The number of ether oxygens (including phenoxy) is 1. The van der Waals surface area contributed by atoms with Crippen LogP contribution in [0.25, 0.3) is 0 Å². The van der Waals surface area contributed by atoms with Gasteiger partial charge in [0.25, 0.3) is 0 Å². The summed E-state index contributed by atoms with van der Waals surface area (Å²) in [5.74, 6) is -3.02. The minimum Gasteiger partial charge on any atom is -0.462 e. The monoisotopic (exact) mass is 200 g/mol. The fraction of sp³-hybridized carbons (Fsp3) is 0.300. The Morgan fingerprint density at radius 3 is 2.64 bits per heavy atom. The van der Waals surface area contributed by atoms with Gasteiger partial charge in [0, 0.05) is 0 Å². The molecule has 0 spiro atoms. The Kier molecular flexibility index (Phi) is 3.17. The first kappa shape index (κ1) is 10.6. The number of carbonyl (C=O) groups is 1. The van der Waals surface area contributed by atoms with E-state index in [4.69, 9.17) is 0 Å². The van der Waals surface area contributed by atoms with Crippen molar-refractivity contribution in [3.63, 3.8) is 0 Å². The minimum absolute atomic E-state index is 0.133. The van der Waals surface area contributed by atoms with Crippen molar-refractivity contribution in [2.75, 3.05) is 6.61 Å². The maximum absolute atomic E-state index is 13.2. The molecule has 2 nitrogen and oxygen atoms in total. The lowest BCUT2D eigenvalue weighted by Crippen LogP contribution is -2.10. The molecule has 1 aromatic rings. The molecule has 0 heterocycles. The first-order chi connectivity index (χ1) is 6.57. The number of esters is 1. The maximum Gasteiger partial charge on any atom is 0.341 e. The molecule has 1 rings (SSSR count). The zero-order chi connectivity index (χ0) is 10.7. The first-order valence-corrected chi connectivity index (χ1v) is 4.19. The number of aryl methyl sites for hydroxylation is 1. The SMILES string of the molecule is CCOC(=O)c1c(C)ccc(F)c1F. The fourth-order valence-electron chi connectivity index (χ4n) is 1.10. The van der Waals surface area contributed by atoms with Gasteiger partial charge in [0.1, 0.15) is 5.56 Å². The van der Waals surface area contributed by atoms with Crippen molar-refractivity contribution in [3.8, 4) is 0 Å². The van der Waals surface area contributed by atoms with Gasteiger partial charge in [-0.1, -0.05) is 6.07 Å². The summed E-state index contributed by atoms with van der Waals surface area (Å²) in [6.45, 7) is 3.26. The van der Waals surface area contributed by atoms with Gasteiger partial charge in [-0.25, -0.2) is 13.6 Å². The fourth-order valence-corrected chi connectivity index (χ4v) is 1.10. The number of hydrogen-bond donors (Lipinski definition) is 0. The lowest BCUT2D eigenvalue weighted by Gasteiger charge is -2.06. The number of rotatable bonds is 2. The van der Waals surface area contributed by atoms with Crippen molar-refractivity contribution >= 4 is 5.97 Å². The van der Waals surface area contributed by atoms with Crippen molar-refractivity contribution in [2.45, 2.75) is 13.8 Å². The predicted octanol–water partition coefficient (Wildman–Crippen LogP) is 2.45. The van der Waals surface area contributed by atoms with E-state index in [-0.39, 0.29) is 12.2 Å². The van der Waals surface area contributed by atoms with E-state index >= 15 is 0 Å². The maximum atomic E-state index is 13.2. The molecule has 0 saturated heterocycles. The minimum atomic E-state index is -1.15. The summed E-state index contributed by atoms with van der Waals surface area (Å²) in [7, 11) is 0. The predicted molar refractivity (Wildman–Crippen MR) is 47.1 cm³/mol.